The maximum absolute atomic E-state index is 13.4. The molecule has 0 fully saturated rings. The lowest BCUT2D eigenvalue weighted by Gasteiger charge is -2.13. The van der Waals surface area contributed by atoms with Crippen LogP contribution >= 0.6 is 11.8 Å². The Balaban J connectivity index is 1.66. The van der Waals surface area contributed by atoms with Crippen molar-refractivity contribution in [3.63, 3.8) is 0 Å². The van der Waals surface area contributed by atoms with Crippen LogP contribution in [0.3, 0.4) is 0 Å². The molecule has 2 aromatic heterocycles. The van der Waals surface area contributed by atoms with Crippen molar-refractivity contribution < 1.29 is 4.74 Å². The second-order valence-electron chi connectivity index (χ2n) is 7.11. The number of rotatable bonds is 6. The first-order valence-corrected chi connectivity index (χ1v) is 10.9. The summed E-state index contributed by atoms with van der Waals surface area (Å²) in [4.78, 5) is 13.4. The van der Waals surface area contributed by atoms with Gasteiger partial charge in [0.25, 0.3) is 5.56 Å². The van der Waals surface area contributed by atoms with Crippen molar-refractivity contribution in [3.8, 4) is 5.75 Å². The van der Waals surface area contributed by atoms with Crippen LogP contribution in [0.2, 0.25) is 0 Å². The largest absolute Gasteiger partial charge is 0.496 e. The summed E-state index contributed by atoms with van der Waals surface area (Å²) in [5.41, 5.74) is 2.82. The molecule has 0 aliphatic heterocycles. The molecule has 0 aliphatic carbocycles. The highest BCUT2D eigenvalue weighted by molar-refractivity contribution is 7.98. The zero-order chi connectivity index (χ0) is 21.2. The van der Waals surface area contributed by atoms with Crippen molar-refractivity contribution in [2.75, 3.05) is 7.11 Å². The number of thioether (sulfide) groups is 1. The Morgan fingerprint density at radius 2 is 1.65 bits per heavy atom. The van der Waals surface area contributed by atoms with Crippen LogP contribution in [0, 0.1) is 0 Å². The monoisotopic (exact) mass is 428 g/mol. The quantitative estimate of drug-likeness (QED) is 0.375. The van der Waals surface area contributed by atoms with Crippen molar-refractivity contribution in [1.82, 2.24) is 19.2 Å². The summed E-state index contributed by atoms with van der Waals surface area (Å²) in [7, 11) is 1.63. The van der Waals surface area contributed by atoms with E-state index in [0.717, 1.165) is 27.7 Å². The molecule has 5 rings (SSSR count). The first-order valence-electron chi connectivity index (χ1n) is 9.91. The Morgan fingerprint density at radius 3 is 2.48 bits per heavy atom. The first-order chi connectivity index (χ1) is 15.3. The molecular weight excluding hydrogens is 408 g/mol. The third-order valence-electron chi connectivity index (χ3n) is 5.21. The molecule has 7 heteroatoms. The molecule has 3 aromatic carbocycles. The fourth-order valence-electron chi connectivity index (χ4n) is 3.70. The summed E-state index contributed by atoms with van der Waals surface area (Å²) in [6, 6.07) is 25.5. The van der Waals surface area contributed by atoms with Gasteiger partial charge in [0, 0.05) is 11.3 Å². The van der Waals surface area contributed by atoms with Crippen LogP contribution in [0.5, 0.6) is 5.75 Å². The maximum atomic E-state index is 13.4. The van der Waals surface area contributed by atoms with E-state index in [1.54, 1.807) is 23.4 Å². The summed E-state index contributed by atoms with van der Waals surface area (Å²) in [5.74, 6) is 2.02. The van der Waals surface area contributed by atoms with Gasteiger partial charge in [-0.05, 0) is 23.8 Å². The normalized spacial score (nSPS) is 11.3. The molecule has 0 bridgehead atoms. The van der Waals surface area contributed by atoms with Crippen LogP contribution < -0.4 is 10.3 Å². The highest BCUT2D eigenvalue weighted by Crippen LogP contribution is 2.26. The van der Waals surface area contributed by atoms with Crippen molar-refractivity contribution >= 4 is 28.4 Å². The minimum atomic E-state index is -0.0963. The van der Waals surface area contributed by atoms with E-state index in [1.165, 1.54) is 5.56 Å². The van der Waals surface area contributed by atoms with Crippen LogP contribution in [0.15, 0.2) is 88.8 Å². The van der Waals surface area contributed by atoms with E-state index in [-0.39, 0.29) is 5.56 Å². The van der Waals surface area contributed by atoms with Gasteiger partial charge in [-0.25, -0.2) is 0 Å². The number of fused-ring (bicyclic) bond motifs is 3. The molecule has 0 unspecified atom stereocenters. The topological polar surface area (TPSA) is 61.4 Å². The van der Waals surface area contributed by atoms with Gasteiger partial charge in [0.15, 0.2) is 5.16 Å². The molecule has 0 radical (unpaired) electrons. The molecule has 0 amide bonds. The van der Waals surface area contributed by atoms with Gasteiger partial charge in [0.1, 0.15) is 5.75 Å². The number of benzene rings is 3. The van der Waals surface area contributed by atoms with Gasteiger partial charge in [-0.1, -0.05) is 72.4 Å². The van der Waals surface area contributed by atoms with Gasteiger partial charge < -0.3 is 4.74 Å². The van der Waals surface area contributed by atoms with Crippen LogP contribution in [0.25, 0.3) is 16.7 Å². The summed E-state index contributed by atoms with van der Waals surface area (Å²) in [6.45, 7) is 0.346. The van der Waals surface area contributed by atoms with Crippen LogP contribution in [0.4, 0.5) is 0 Å². The predicted octanol–water partition coefficient (Wildman–Crippen LogP) is 4.39. The number of ether oxygens (including phenoxy) is 1. The van der Waals surface area contributed by atoms with Crippen molar-refractivity contribution in [3.05, 3.63) is 100 Å². The van der Waals surface area contributed by atoms with Gasteiger partial charge in [-0.3, -0.25) is 13.8 Å². The molecule has 5 aromatic rings. The predicted molar refractivity (Wildman–Crippen MR) is 123 cm³/mol. The molecule has 0 aliphatic rings. The van der Waals surface area contributed by atoms with Gasteiger partial charge in [0.05, 0.1) is 24.6 Å². The minimum absolute atomic E-state index is 0.0963. The highest BCUT2D eigenvalue weighted by atomic mass is 32.2. The number of methoxy groups -OCH3 is 1. The molecule has 0 atom stereocenters. The third-order valence-corrected chi connectivity index (χ3v) is 6.21. The highest BCUT2D eigenvalue weighted by Gasteiger charge is 2.18. The van der Waals surface area contributed by atoms with Crippen molar-refractivity contribution in [2.24, 2.45) is 0 Å². The minimum Gasteiger partial charge on any atom is -0.496 e. The number of para-hydroxylation sites is 2. The summed E-state index contributed by atoms with van der Waals surface area (Å²) in [5, 5.41) is 10.2. The Morgan fingerprint density at radius 1 is 0.903 bits per heavy atom. The van der Waals surface area contributed by atoms with Crippen LogP contribution in [0.1, 0.15) is 11.1 Å². The van der Waals surface area contributed by atoms with Crippen molar-refractivity contribution in [2.45, 2.75) is 17.5 Å². The van der Waals surface area contributed by atoms with E-state index in [0.29, 0.717) is 17.7 Å². The smallest absolute Gasteiger partial charge is 0.263 e. The average Bonchev–Trinajstić information content (AvgIpc) is 3.25. The summed E-state index contributed by atoms with van der Waals surface area (Å²) in [6.07, 6.45) is 0. The van der Waals surface area contributed by atoms with Crippen LogP contribution in [-0.2, 0) is 12.3 Å². The van der Waals surface area contributed by atoms with E-state index < -0.39 is 0 Å². The van der Waals surface area contributed by atoms with E-state index in [4.69, 9.17) is 4.74 Å². The van der Waals surface area contributed by atoms with Gasteiger partial charge in [-0.15, -0.1) is 10.2 Å². The number of hydrogen-bond acceptors (Lipinski definition) is 5. The average molecular weight is 429 g/mol. The SMILES string of the molecule is COc1ccccc1Cn1c(=O)c2ccccc2n2c(SCc3ccccc3)nnc12. The zero-order valence-electron chi connectivity index (χ0n) is 16.9. The van der Waals surface area contributed by atoms with E-state index >= 15 is 0 Å². The molecule has 2 heterocycles. The number of aromatic nitrogens is 4. The van der Waals surface area contributed by atoms with Crippen molar-refractivity contribution in [1.29, 1.82) is 0 Å². The third kappa shape index (κ3) is 3.57. The lowest BCUT2D eigenvalue weighted by molar-refractivity contribution is 0.408. The zero-order valence-corrected chi connectivity index (χ0v) is 17.7. The van der Waals surface area contributed by atoms with Crippen LogP contribution in [-0.4, -0.2) is 26.3 Å². The molecule has 0 spiro atoms. The Labute approximate surface area is 183 Å². The van der Waals surface area contributed by atoms with Gasteiger partial charge >= 0.3 is 0 Å². The standard InChI is InChI=1S/C24H20N4O2S/c1-30-21-14-8-5-11-18(21)15-27-22(29)19-12-6-7-13-20(19)28-23(27)25-26-24(28)31-16-17-9-3-2-4-10-17/h2-14H,15-16H2,1H3. The molecule has 31 heavy (non-hydrogen) atoms. The summed E-state index contributed by atoms with van der Waals surface area (Å²) < 4.78 is 9.13. The number of hydrogen-bond donors (Lipinski definition) is 0. The molecule has 0 saturated heterocycles. The van der Waals surface area contributed by atoms with Gasteiger partial charge in [0.2, 0.25) is 5.78 Å². The Kier molecular flexibility index (Phi) is 5.18. The molecule has 0 saturated carbocycles. The second-order valence-corrected chi connectivity index (χ2v) is 8.06. The fourth-order valence-corrected chi connectivity index (χ4v) is 4.59. The van der Waals surface area contributed by atoms with E-state index in [1.807, 2.05) is 71.1 Å². The van der Waals surface area contributed by atoms with E-state index in [2.05, 4.69) is 22.3 Å². The maximum Gasteiger partial charge on any atom is 0.263 e. The van der Waals surface area contributed by atoms with Gasteiger partial charge in [-0.2, -0.15) is 0 Å². The molecule has 154 valence electrons. The lowest BCUT2D eigenvalue weighted by atomic mass is 10.2. The molecule has 6 nitrogen and oxygen atoms in total. The van der Waals surface area contributed by atoms with E-state index in [9.17, 15) is 4.79 Å². The number of nitrogens with zero attached hydrogens (tertiary/aromatic N) is 4. The molecular formula is C24H20N4O2S. The molecule has 0 N–H and O–H groups in total. The fraction of sp³-hybridized carbons (Fsp3) is 0.125. The first kappa shape index (κ1) is 19.4. The Hall–Kier alpha value is -3.58. The summed E-state index contributed by atoms with van der Waals surface area (Å²) >= 11 is 1.60. The Bertz CT molecular complexity index is 1430. The lowest BCUT2D eigenvalue weighted by Crippen LogP contribution is -2.24. The second kappa shape index (κ2) is 8.28.